The molecule has 0 saturated heterocycles. The maximum absolute atomic E-state index is 13.1. The Morgan fingerprint density at radius 2 is 1.91 bits per heavy atom. The second kappa shape index (κ2) is 10.1. The van der Waals surface area contributed by atoms with Gasteiger partial charge < -0.3 is 16.2 Å². The lowest BCUT2D eigenvalue weighted by Crippen LogP contribution is -2.12. The maximum atomic E-state index is 13.1. The Morgan fingerprint density at radius 1 is 1.17 bits per heavy atom. The Morgan fingerprint density at radius 3 is 2.57 bits per heavy atom. The monoisotopic (exact) mass is 506 g/mol. The zero-order chi connectivity index (χ0) is 25.1. The third-order valence-electron chi connectivity index (χ3n) is 5.28. The summed E-state index contributed by atoms with van der Waals surface area (Å²) in [5, 5.41) is 15.0. The summed E-state index contributed by atoms with van der Waals surface area (Å²) in [6, 6.07) is 9.90. The van der Waals surface area contributed by atoms with Gasteiger partial charge in [-0.1, -0.05) is 31.2 Å². The van der Waals surface area contributed by atoms with Crippen molar-refractivity contribution in [3.05, 3.63) is 51.3 Å². The Kier molecular flexibility index (Phi) is 6.95. The molecule has 5 N–H and O–H groups in total. The van der Waals surface area contributed by atoms with Gasteiger partial charge in [0.15, 0.2) is 5.13 Å². The van der Waals surface area contributed by atoms with Crippen LogP contribution >= 0.6 is 22.7 Å². The molecule has 0 unspecified atom stereocenters. The Hall–Kier alpha value is -4.01. The molecule has 0 spiro atoms. The van der Waals surface area contributed by atoms with Crippen molar-refractivity contribution in [1.82, 2.24) is 9.97 Å². The van der Waals surface area contributed by atoms with Crippen LogP contribution < -0.4 is 16.8 Å². The fourth-order valence-electron chi connectivity index (χ4n) is 3.61. The molecular formula is C24H22N6O3S2. The van der Waals surface area contributed by atoms with Crippen molar-refractivity contribution in [1.29, 1.82) is 5.26 Å². The smallest absolute Gasteiger partial charge is 0.311 e. The number of benzene rings is 1. The van der Waals surface area contributed by atoms with Crippen molar-refractivity contribution >= 4 is 61.4 Å². The first-order valence-electron chi connectivity index (χ1n) is 10.8. The number of fused-ring (bicyclic) bond motifs is 1. The predicted octanol–water partition coefficient (Wildman–Crippen LogP) is 4.38. The summed E-state index contributed by atoms with van der Waals surface area (Å²) in [5.74, 6) is -0.779. The number of carbonyl (C=O) groups excluding carboxylic acids is 2. The number of esters is 1. The van der Waals surface area contributed by atoms with Crippen LogP contribution in [0.15, 0.2) is 29.6 Å². The number of hydrogen-bond acceptors (Lipinski definition) is 10. The summed E-state index contributed by atoms with van der Waals surface area (Å²) < 4.78 is 4.93. The molecule has 0 radical (unpaired) electrons. The number of nitrogens with zero attached hydrogens (tertiary/aromatic N) is 3. The van der Waals surface area contributed by atoms with E-state index in [1.807, 2.05) is 24.3 Å². The summed E-state index contributed by atoms with van der Waals surface area (Å²) in [4.78, 5) is 34.1. The van der Waals surface area contributed by atoms with Gasteiger partial charge in [-0.05, 0) is 24.5 Å². The molecule has 0 aliphatic heterocycles. The number of aryl methyl sites for hydroxylation is 1. The van der Waals surface area contributed by atoms with Crippen molar-refractivity contribution in [2.75, 3.05) is 23.4 Å². The van der Waals surface area contributed by atoms with Crippen LogP contribution in [0, 0.1) is 11.3 Å². The number of nitriles is 1. The van der Waals surface area contributed by atoms with Crippen molar-refractivity contribution in [3.63, 3.8) is 0 Å². The van der Waals surface area contributed by atoms with E-state index >= 15 is 0 Å². The lowest BCUT2D eigenvalue weighted by atomic mass is 9.96. The first-order valence-corrected chi connectivity index (χ1v) is 12.5. The highest BCUT2D eigenvalue weighted by molar-refractivity contribution is 7.21. The van der Waals surface area contributed by atoms with Gasteiger partial charge in [0.1, 0.15) is 27.2 Å². The Labute approximate surface area is 209 Å². The SMILES string of the molecule is CCOC(=O)Cc1csc(NC(=O)c2sc3nc(N)c(C#N)c(-c4ccc(CC)cc4)c3c2N)n1. The van der Waals surface area contributed by atoms with Gasteiger partial charge >= 0.3 is 5.97 Å². The van der Waals surface area contributed by atoms with E-state index in [1.165, 1.54) is 11.3 Å². The van der Waals surface area contributed by atoms with Gasteiger partial charge in [-0.2, -0.15) is 5.26 Å². The minimum Gasteiger partial charge on any atom is -0.466 e. The highest BCUT2D eigenvalue weighted by Crippen LogP contribution is 2.42. The first kappa shape index (κ1) is 24.1. The highest BCUT2D eigenvalue weighted by atomic mass is 32.1. The third-order valence-corrected chi connectivity index (χ3v) is 7.18. The minimum absolute atomic E-state index is 0.0194. The Balaban J connectivity index is 1.71. The summed E-state index contributed by atoms with van der Waals surface area (Å²) in [6.07, 6.45) is 0.897. The number of anilines is 3. The molecular weight excluding hydrogens is 484 g/mol. The number of nitrogen functional groups attached to an aromatic ring is 2. The number of ether oxygens (including phenoxy) is 1. The normalized spacial score (nSPS) is 10.8. The number of thiophene rings is 1. The number of amides is 1. The number of nitrogens with two attached hydrogens (primary N) is 2. The summed E-state index contributed by atoms with van der Waals surface area (Å²) in [6.45, 7) is 4.07. The third kappa shape index (κ3) is 4.80. The molecule has 178 valence electrons. The molecule has 3 aromatic heterocycles. The predicted molar refractivity (Wildman–Crippen MR) is 138 cm³/mol. The first-order chi connectivity index (χ1) is 16.9. The molecule has 1 aromatic carbocycles. The zero-order valence-corrected chi connectivity index (χ0v) is 20.7. The number of rotatable bonds is 7. The molecule has 35 heavy (non-hydrogen) atoms. The number of hydrogen-bond donors (Lipinski definition) is 3. The van der Waals surface area contributed by atoms with E-state index in [9.17, 15) is 14.9 Å². The van der Waals surface area contributed by atoms with Gasteiger partial charge in [-0.15, -0.1) is 22.7 Å². The van der Waals surface area contributed by atoms with E-state index in [0.29, 0.717) is 26.6 Å². The van der Waals surface area contributed by atoms with E-state index in [0.717, 1.165) is 28.9 Å². The molecule has 9 nitrogen and oxygen atoms in total. The van der Waals surface area contributed by atoms with Crippen LogP contribution in [0.25, 0.3) is 21.3 Å². The van der Waals surface area contributed by atoms with E-state index < -0.39 is 5.91 Å². The van der Waals surface area contributed by atoms with Gasteiger partial charge in [-0.3, -0.25) is 14.9 Å². The molecule has 4 rings (SSSR count). The molecule has 0 aliphatic rings. The van der Waals surface area contributed by atoms with Crippen LogP contribution in [0.4, 0.5) is 16.6 Å². The van der Waals surface area contributed by atoms with Gasteiger partial charge in [0.2, 0.25) is 0 Å². The van der Waals surface area contributed by atoms with Gasteiger partial charge in [0.25, 0.3) is 5.91 Å². The van der Waals surface area contributed by atoms with Crippen molar-refractivity contribution < 1.29 is 14.3 Å². The van der Waals surface area contributed by atoms with Gasteiger partial charge in [0.05, 0.1) is 24.4 Å². The van der Waals surface area contributed by atoms with Crippen molar-refractivity contribution in [2.45, 2.75) is 26.7 Å². The largest absolute Gasteiger partial charge is 0.466 e. The second-order valence-corrected chi connectivity index (χ2v) is 9.37. The molecule has 0 fully saturated rings. The summed E-state index contributed by atoms with van der Waals surface area (Å²) in [7, 11) is 0. The molecule has 0 aliphatic carbocycles. The molecule has 3 heterocycles. The van der Waals surface area contributed by atoms with Crippen LogP contribution in [0.3, 0.4) is 0 Å². The lowest BCUT2D eigenvalue weighted by Gasteiger charge is -2.10. The van der Waals surface area contributed by atoms with Crippen molar-refractivity contribution in [3.8, 4) is 17.2 Å². The maximum Gasteiger partial charge on any atom is 0.311 e. The number of thiazole rings is 1. The highest BCUT2D eigenvalue weighted by Gasteiger charge is 2.25. The van der Waals surface area contributed by atoms with Gasteiger partial charge in [0, 0.05) is 16.3 Å². The molecule has 0 atom stereocenters. The van der Waals surface area contributed by atoms with E-state index in [1.54, 1.807) is 12.3 Å². The average molecular weight is 507 g/mol. The number of aromatic nitrogens is 2. The lowest BCUT2D eigenvalue weighted by molar-refractivity contribution is -0.142. The standard InChI is InChI=1S/C24H22N6O3S2/c1-3-12-5-7-13(8-6-12)17-15(10-25)21(27)29-23-18(17)19(26)20(35-23)22(32)30-24-28-14(11-34-24)9-16(31)33-4-2/h5-8,11H,3-4,9,26H2,1-2H3,(H2,27,29)(H,28,30,32). The van der Waals surface area contributed by atoms with Crippen molar-refractivity contribution in [2.24, 2.45) is 0 Å². The number of nitrogens with one attached hydrogen (secondary N) is 1. The molecule has 1 amide bonds. The Bertz CT molecular complexity index is 1470. The van der Waals surface area contributed by atoms with E-state index in [2.05, 4.69) is 28.3 Å². The molecule has 0 saturated carbocycles. The molecule has 11 heteroatoms. The average Bonchev–Trinajstić information content (AvgIpc) is 3.41. The van der Waals surface area contributed by atoms with Crippen LogP contribution in [0.5, 0.6) is 0 Å². The van der Waals surface area contributed by atoms with E-state index in [-0.39, 0.29) is 40.9 Å². The summed E-state index contributed by atoms with van der Waals surface area (Å²) >= 11 is 2.28. The fraction of sp³-hybridized carbons (Fsp3) is 0.208. The number of carbonyl (C=O) groups is 2. The van der Waals surface area contributed by atoms with Crippen LogP contribution in [0.1, 0.15) is 40.3 Å². The van der Waals surface area contributed by atoms with Crippen LogP contribution in [-0.4, -0.2) is 28.5 Å². The fourth-order valence-corrected chi connectivity index (χ4v) is 5.32. The van der Waals surface area contributed by atoms with Crippen LogP contribution in [0.2, 0.25) is 0 Å². The quantitative estimate of drug-likeness (QED) is 0.312. The zero-order valence-electron chi connectivity index (χ0n) is 19.0. The summed E-state index contributed by atoms with van der Waals surface area (Å²) in [5.41, 5.74) is 15.9. The van der Waals surface area contributed by atoms with E-state index in [4.69, 9.17) is 16.2 Å². The minimum atomic E-state index is -0.466. The van der Waals surface area contributed by atoms with Crippen LogP contribution in [-0.2, 0) is 22.4 Å². The topological polar surface area (TPSA) is 157 Å². The van der Waals surface area contributed by atoms with Gasteiger partial charge in [-0.25, -0.2) is 9.97 Å². The molecule has 4 aromatic rings. The second-order valence-electron chi connectivity index (χ2n) is 7.51. The molecule has 0 bridgehead atoms. The number of pyridine rings is 1.